The largest absolute Gasteiger partial charge is 0.503 e. The summed E-state index contributed by atoms with van der Waals surface area (Å²) in [6, 6.07) is 5.44. The van der Waals surface area contributed by atoms with E-state index in [2.05, 4.69) is 42.4 Å². The lowest BCUT2D eigenvalue weighted by Gasteiger charge is -2.10. The van der Waals surface area contributed by atoms with E-state index < -0.39 is 0 Å². The number of carbonyl (C=O) groups excluding carboxylic acids is 1. The molecule has 122 valence electrons. The summed E-state index contributed by atoms with van der Waals surface area (Å²) < 4.78 is 6.45. The maximum Gasteiger partial charge on any atom is 0.245 e. The standard InChI is InChI=1S/C15H14Br2N2O3S/c1-2-22-11-6-9(13(16)14(17)15(11)21)8-18-19-12(20)7-10-4-3-5-23-10/h3-6,8,21H,2,7H2,1H3,(H,19,20)/b18-8+. The van der Waals surface area contributed by atoms with E-state index >= 15 is 0 Å². The van der Waals surface area contributed by atoms with Crippen molar-refractivity contribution in [3.8, 4) is 11.5 Å². The van der Waals surface area contributed by atoms with Crippen LogP contribution < -0.4 is 10.2 Å². The first-order valence-electron chi connectivity index (χ1n) is 6.71. The van der Waals surface area contributed by atoms with E-state index in [0.717, 1.165) is 4.88 Å². The highest BCUT2D eigenvalue weighted by Crippen LogP contribution is 2.41. The van der Waals surface area contributed by atoms with E-state index in [0.29, 0.717) is 33.3 Å². The fourth-order valence-corrected chi connectivity index (χ4v) is 3.29. The Morgan fingerprint density at radius 1 is 1.48 bits per heavy atom. The van der Waals surface area contributed by atoms with Crippen molar-refractivity contribution in [3.63, 3.8) is 0 Å². The number of hydrogen-bond donors (Lipinski definition) is 2. The zero-order chi connectivity index (χ0) is 16.8. The van der Waals surface area contributed by atoms with Crippen LogP contribution in [0.3, 0.4) is 0 Å². The summed E-state index contributed by atoms with van der Waals surface area (Å²) in [7, 11) is 0. The van der Waals surface area contributed by atoms with Crippen molar-refractivity contribution in [2.75, 3.05) is 6.61 Å². The van der Waals surface area contributed by atoms with E-state index in [4.69, 9.17) is 4.74 Å². The Labute approximate surface area is 154 Å². The van der Waals surface area contributed by atoms with Gasteiger partial charge < -0.3 is 9.84 Å². The summed E-state index contributed by atoms with van der Waals surface area (Å²) in [6.07, 6.45) is 1.78. The Morgan fingerprint density at radius 3 is 2.91 bits per heavy atom. The molecule has 1 aromatic carbocycles. The highest BCUT2D eigenvalue weighted by atomic mass is 79.9. The molecule has 0 aliphatic rings. The summed E-state index contributed by atoms with van der Waals surface area (Å²) in [5, 5.41) is 15.8. The Kier molecular flexibility index (Phi) is 6.61. The average molecular weight is 462 g/mol. The molecule has 0 fully saturated rings. The fourth-order valence-electron chi connectivity index (χ4n) is 1.76. The lowest BCUT2D eigenvalue weighted by Crippen LogP contribution is -2.19. The zero-order valence-electron chi connectivity index (χ0n) is 12.2. The van der Waals surface area contributed by atoms with Crippen LogP contribution in [0.25, 0.3) is 0 Å². The second kappa shape index (κ2) is 8.47. The van der Waals surface area contributed by atoms with Gasteiger partial charge >= 0.3 is 0 Å². The van der Waals surface area contributed by atoms with Crippen LogP contribution in [0.4, 0.5) is 0 Å². The third kappa shape index (κ3) is 4.79. The summed E-state index contributed by atoms with van der Waals surface area (Å²) in [5.41, 5.74) is 3.14. The molecule has 2 aromatic rings. The number of halogens is 2. The minimum atomic E-state index is -0.192. The van der Waals surface area contributed by atoms with Gasteiger partial charge in [0.25, 0.3) is 0 Å². The number of phenols is 1. The van der Waals surface area contributed by atoms with Gasteiger partial charge in [-0.25, -0.2) is 5.43 Å². The first-order valence-corrected chi connectivity index (χ1v) is 9.17. The van der Waals surface area contributed by atoms with Crippen molar-refractivity contribution >= 4 is 55.3 Å². The maximum atomic E-state index is 11.8. The smallest absolute Gasteiger partial charge is 0.245 e. The van der Waals surface area contributed by atoms with Crippen LogP contribution in [-0.4, -0.2) is 23.8 Å². The second-order valence-corrected chi connectivity index (χ2v) is 7.04. The topological polar surface area (TPSA) is 70.9 Å². The highest BCUT2D eigenvalue weighted by Gasteiger charge is 2.14. The van der Waals surface area contributed by atoms with Gasteiger partial charge in [0.15, 0.2) is 11.5 Å². The molecule has 0 unspecified atom stereocenters. The van der Waals surface area contributed by atoms with Gasteiger partial charge in [0.1, 0.15) is 0 Å². The molecule has 0 aliphatic heterocycles. The number of ether oxygens (including phenoxy) is 1. The van der Waals surface area contributed by atoms with E-state index in [-0.39, 0.29) is 11.7 Å². The van der Waals surface area contributed by atoms with Crippen LogP contribution in [-0.2, 0) is 11.2 Å². The minimum absolute atomic E-state index is 0.0117. The summed E-state index contributed by atoms with van der Waals surface area (Å²) >= 11 is 8.18. The van der Waals surface area contributed by atoms with E-state index in [1.54, 1.807) is 6.07 Å². The van der Waals surface area contributed by atoms with E-state index in [1.807, 2.05) is 24.4 Å². The Morgan fingerprint density at radius 2 is 2.26 bits per heavy atom. The predicted molar refractivity (Wildman–Crippen MR) is 98.4 cm³/mol. The molecule has 1 heterocycles. The summed E-state index contributed by atoms with van der Waals surface area (Å²) in [5.74, 6) is 0.161. The number of phenolic OH excluding ortho intramolecular Hbond substituents is 1. The quantitative estimate of drug-likeness (QED) is 0.503. The monoisotopic (exact) mass is 460 g/mol. The lowest BCUT2D eigenvalue weighted by atomic mass is 10.2. The summed E-state index contributed by atoms with van der Waals surface area (Å²) in [4.78, 5) is 12.7. The number of benzene rings is 1. The van der Waals surface area contributed by atoms with Crippen LogP contribution in [0.2, 0.25) is 0 Å². The molecule has 0 aliphatic carbocycles. The number of nitrogens with one attached hydrogen (secondary N) is 1. The average Bonchev–Trinajstić information content (AvgIpc) is 3.02. The number of hydrazone groups is 1. The van der Waals surface area contributed by atoms with Gasteiger partial charge in [-0.05, 0) is 56.3 Å². The molecule has 0 bridgehead atoms. The molecule has 8 heteroatoms. The van der Waals surface area contributed by atoms with Crippen molar-refractivity contribution in [2.45, 2.75) is 13.3 Å². The van der Waals surface area contributed by atoms with Gasteiger partial charge in [-0.15, -0.1) is 11.3 Å². The van der Waals surface area contributed by atoms with Gasteiger partial charge in [-0.3, -0.25) is 4.79 Å². The third-order valence-electron chi connectivity index (χ3n) is 2.78. The zero-order valence-corrected chi connectivity index (χ0v) is 16.2. The van der Waals surface area contributed by atoms with Crippen LogP contribution in [0.15, 0.2) is 37.6 Å². The molecule has 1 aromatic heterocycles. The predicted octanol–water partition coefficient (Wildman–Crippen LogP) is 4.07. The number of rotatable bonds is 6. The number of hydrogen-bond acceptors (Lipinski definition) is 5. The molecule has 0 saturated carbocycles. The molecular weight excluding hydrogens is 448 g/mol. The third-order valence-corrected chi connectivity index (χ3v) is 5.82. The molecule has 23 heavy (non-hydrogen) atoms. The Balaban J connectivity index is 2.08. The van der Waals surface area contributed by atoms with Gasteiger partial charge in [0, 0.05) is 14.9 Å². The number of amides is 1. The van der Waals surface area contributed by atoms with Gasteiger partial charge in [0.05, 0.1) is 23.7 Å². The van der Waals surface area contributed by atoms with E-state index in [1.165, 1.54) is 17.6 Å². The minimum Gasteiger partial charge on any atom is -0.503 e. The summed E-state index contributed by atoms with van der Waals surface area (Å²) in [6.45, 7) is 2.25. The van der Waals surface area contributed by atoms with Crippen LogP contribution in [0.1, 0.15) is 17.4 Å². The van der Waals surface area contributed by atoms with Crippen molar-refractivity contribution in [1.82, 2.24) is 5.43 Å². The number of thiophene rings is 1. The van der Waals surface area contributed by atoms with Gasteiger partial charge in [-0.1, -0.05) is 6.07 Å². The molecule has 0 saturated heterocycles. The lowest BCUT2D eigenvalue weighted by molar-refractivity contribution is -0.120. The van der Waals surface area contributed by atoms with Crippen molar-refractivity contribution in [3.05, 3.63) is 43.0 Å². The molecule has 5 nitrogen and oxygen atoms in total. The van der Waals surface area contributed by atoms with Crippen LogP contribution >= 0.6 is 43.2 Å². The van der Waals surface area contributed by atoms with Gasteiger partial charge in [-0.2, -0.15) is 5.10 Å². The molecule has 0 radical (unpaired) electrons. The molecule has 2 rings (SSSR count). The highest BCUT2D eigenvalue weighted by molar-refractivity contribution is 9.13. The van der Waals surface area contributed by atoms with Crippen molar-refractivity contribution in [2.24, 2.45) is 5.10 Å². The SMILES string of the molecule is CCOc1cc(/C=N/NC(=O)Cc2cccs2)c(Br)c(Br)c1O. The fraction of sp³-hybridized carbons (Fsp3) is 0.200. The second-order valence-electron chi connectivity index (χ2n) is 4.42. The van der Waals surface area contributed by atoms with Crippen molar-refractivity contribution < 1.29 is 14.6 Å². The number of carbonyl (C=O) groups is 1. The molecule has 0 spiro atoms. The number of aromatic hydroxyl groups is 1. The number of nitrogens with zero attached hydrogens (tertiary/aromatic N) is 1. The Hall–Kier alpha value is -1.38. The molecule has 1 amide bonds. The van der Waals surface area contributed by atoms with E-state index in [9.17, 15) is 9.90 Å². The van der Waals surface area contributed by atoms with Gasteiger partial charge in [0.2, 0.25) is 5.91 Å². The molecular formula is C15H14Br2N2O3S. The van der Waals surface area contributed by atoms with Crippen LogP contribution in [0.5, 0.6) is 11.5 Å². The molecule has 2 N–H and O–H groups in total. The first kappa shape index (κ1) is 18.0. The normalized spacial score (nSPS) is 10.9. The van der Waals surface area contributed by atoms with Crippen LogP contribution in [0, 0.1) is 0 Å². The van der Waals surface area contributed by atoms with Crippen molar-refractivity contribution in [1.29, 1.82) is 0 Å². The molecule has 0 atom stereocenters. The first-order chi connectivity index (χ1) is 11.0. The maximum absolute atomic E-state index is 11.8. The Bertz CT molecular complexity index is 718.